The van der Waals surface area contributed by atoms with Crippen molar-refractivity contribution in [1.29, 1.82) is 0 Å². The van der Waals surface area contributed by atoms with Crippen LogP contribution >= 0.6 is 11.6 Å². The van der Waals surface area contributed by atoms with Gasteiger partial charge in [-0.1, -0.05) is 24.6 Å². The van der Waals surface area contributed by atoms with Gasteiger partial charge >= 0.3 is 0 Å². The monoisotopic (exact) mass is 256 g/mol. The fraction of sp³-hybridized carbons (Fsp3) is 0.417. The number of benzene rings is 1. The standard InChI is InChI=1S/C12H17ClN2O2/c1-2-6-15(7-8-16)12(17)11-9(13)4-3-5-10(11)14/h3-5,16H,2,6-8,14H2,1H3. The fourth-order valence-electron chi connectivity index (χ4n) is 1.63. The van der Waals surface area contributed by atoms with E-state index >= 15 is 0 Å². The molecule has 0 spiro atoms. The van der Waals surface area contributed by atoms with E-state index in [1.54, 1.807) is 23.1 Å². The third kappa shape index (κ3) is 3.35. The summed E-state index contributed by atoms with van der Waals surface area (Å²) in [6, 6.07) is 4.97. The first-order valence-corrected chi connectivity index (χ1v) is 5.93. The number of halogens is 1. The Morgan fingerprint density at radius 3 is 2.71 bits per heavy atom. The van der Waals surface area contributed by atoms with Crippen molar-refractivity contribution in [3.05, 3.63) is 28.8 Å². The highest BCUT2D eigenvalue weighted by molar-refractivity contribution is 6.34. The van der Waals surface area contributed by atoms with Crippen LogP contribution in [-0.2, 0) is 0 Å². The van der Waals surface area contributed by atoms with Crippen LogP contribution in [0, 0.1) is 0 Å². The van der Waals surface area contributed by atoms with E-state index < -0.39 is 0 Å². The first-order chi connectivity index (χ1) is 8.11. The summed E-state index contributed by atoms with van der Waals surface area (Å²) >= 11 is 5.98. The Labute approximate surface area is 106 Å². The lowest BCUT2D eigenvalue weighted by molar-refractivity contribution is 0.0723. The largest absolute Gasteiger partial charge is 0.398 e. The Morgan fingerprint density at radius 2 is 2.18 bits per heavy atom. The molecule has 0 unspecified atom stereocenters. The van der Waals surface area contributed by atoms with E-state index in [9.17, 15) is 4.79 Å². The zero-order valence-corrected chi connectivity index (χ0v) is 10.6. The molecule has 17 heavy (non-hydrogen) atoms. The second-order valence-corrected chi connectivity index (χ2v) is 4.13. The normalized spacial score (nSPS) is 10.3. The summed E-state index contributed by atoms with van der Waals surface area (Å²) in [7, 11) is 0. The van der Waals surface area contributed by atoms with Crippen LogP contribution in [-0.4, -0.2) is 35.6 Å². The molecule has 0 aliphatic heterocycles. The Morgan fingerprint density at radius 1 is 1.47 bits per heavy atom. The van der Waals surface area contributed by atoms with Crippen LogP contribution in [0.15, 0.2) is 18.2 Å². The van der Waals surface area contributed by atoms with Crippen molar-refractivity contribution in [3.63, 3.8) is 0 Å². The van der Waals surface area contributed by atoms with Gasteiger partial charge < -0.3 is 15.7 Å². The van der Waals surface area contributed by atoms with Crippen molar-refractivity contribution >= 4 is 23.2 Å². The Bertz CT molecular complexity index is 370. The van der Waals surface area contributed by atoms with E-state index in [1.807, 2.05) is 6.92 Å². The minimum atomic E-state index is -0.232. The molecule has 1 amide bonds. The number of hydrogen-bond acceptors (Lipinski definition) is 3. The smallest absolute Gasteiger partial charge is 0.257 e. The van der Waals surface area contributed by atoms with E-state index in [0.29, 0.717) is 22.8 Å². The number of hydrogen-bond donors (Lipinski definition) is 2. The van der Waals surface area contributed by atoms with Crippen molar-refractivity contribution < 1.29 is 9.90 Å². The summed E-state index contributed by atoms with van der Waals surface area (Å²) in [6.07, 6.45) is 0.816. The van der Waals surface area contributed by atoms with E-state index in [2.05, 4.69) is 0 Å². The molecule has 0 bridgehead atoms. The molecule has 4 nitrogen and oxygen atoms in total. The van der Waals surface area contributed by atoms with Crippen LogP contribution in [0.25, 0.3) is 0 Å². The van der Waals surface area contributed by atoms with E-state index in [0.717, 1.165) is 6.42 Å². The molecule has 0 aliphatic carbocycles. The van der Waals surface area contributed by atoms with Gasteiger partial charge in [-0.05, 0) is 18.6 Å². The lowest BCUT2D eigenvalue weighted by Gasteiger charge is -2.22. The van der Waals surface area contributed by atoms with Gasteiger partial charge in [-0.15, -0.1) is 0 Å². The summed E-state index contributed by atoms with van der Waals surface area (Å²) in [6.45, 7) is 2.76. The molecule has 1 rings (SSSR count). The highest BCUT2D eigenvalue weighted by Crippen LogP contribution is 2.23. The molecule has 0 saturated carbocycles. The molecule has 0 saturated heterocycles. The predicted octanol–water partition coefficient (Wildman–Crippen LogP) is 1.77. The second-order valence-electron chi connectivity index (χ2n) is 3.72. The number of rotatable bonds is 5. The maximum atomic E-state index is 12.2. The third-order valence-electron chi connectivity index (χ3n) is 2.41. The fourth-order valence-corrected chi connectivity index (χ4v) is 1.89. The zero-order valence-electron chi connectivity index (χ0n) is 9.82. The molecule has 0 aromatic heterocycles. The molecule has 0 radical (unpaired) electrons. The van der Waals surface area contributed by atoms with Crippen LogP contribution in [0.2, 0.25) is 5.02 Å². The minimum absolute atomic E-state index is 0.0733. The Hall–Kier alpha value is -1.26. The van der Waals surface area contributed by atoms with Gasteiger partial charge in [0.15, 0.2) is 0 Å². The number of aliphatic hydroxyl groups is 1. The number of nitrogens with zero attached hydrogens (tertiary/aromatic N) is 1. The van der Waals surface area contributed by atoms with Crippen LogP contribution in [0.1, 0.15) is 23.7 Å². The molecule has 0 heterocycles. The van der Waals surface area contributed by atoms with Crippen molar-refractivity contribution in [2.45, 2.75) is 13.3 Å². The third-order valence-corrected chi connectivity index (χ3v) is 2.73. The molecule has 3 N–H and O–H groups in total. The second kappa shape index (κ2) is 6.47. The number of nitrogen functional groups attached to an aromatic ring is 1. The zero-order chi connectivity index (χ0) is 12.8. The number of nitrogens with two attached hydrogens (primary N) is 1. The molecule has 0 aliphatic rings. The van der Waals surface area contributed by atoms with Crippen LogP contribution in [0.5, 0.6) is 0 Å². The maximum Gasteiger partial charge on any atom is 0.257 e. The summed E-state index contributed by atoms with van der Waals surface area (Å²) in [5.74, 6) is -0.232. The number of amides is 1. The van der Waals surface area contributed by atoms with Crippen molar-refractivity contribution in [1.82, 2.24) is 4.90 Å². The van der Waals surface area contributed by atoms with E-state index in [1.165, 1.54) is 0 Å². The Balaban J connectivity index is 3.00. The van der Waals surface area contributed by atoms with Crippen molar-refractivity contribution in [2.75, 3.05) is 25.4 Å². The Kier molecular flexibility index (Phi) is 5.25. The van der Waals surface area contributed by atoms with Gasteiger partial charge in [-0.3, -0.25) is 4.79 Å². The van der Waals surface area contributed by atoms with Gasteiger partial charge in [0.1, 0.15) is 0 Å². The van der Waals surface area contributed by atoms with Crippen molar-refractivity contribution in [2.24, 2.45) is 0 Å². The molecule has 94 valence electrons. The lowest BCUT2D eigenvalue weighted by Crippen LogP contribution is -2.34. The maximum absolute atomic E-state index is 12.2. The molecule has 5 heteroatoms. The average molecular weight is 257 g/mol. The minimum Gasteiger partial charge on any atom is -0.398 e. The molecule has 1 aromatic carbocycles. The summed E-state index contributed by atoms with van der Waals surface area (Å²) < 4.78 is 0. The highest BCUT2D eigenvalue weighted by atomic mass is 35.5. The van der Waals surface area contributed by atoms with Gasteiger partial charge in [0.05, 0.1) is 17.2 Å². The predicted molar refractivity (Wildman–Crippen MR) is 69.1 cm³/mol. The SMILES string of the molecule is CCCN(CCO)C(=O)c1c(N)cccc1Cl. The summed E-state index contributed by atoms with van der Waals surface area (Å²) in [5, 5.41) is 9.28. The molecule has 1 aromatic rings. The number of anilines is 1. The van der Waals surface area contributed by atoms with Crippen LogP contribution < -0.4 is 5.73 Å². The first kappa shape index (κ1) is 13.8. The molecule has 0 fully saturated rings. The molecular formula is C12H17ClN2O2. The number of carbonyl (C=O) groups is 1. The topological polar surface area (TPSA) is 66.6 Å². The van der Waals surface area contributed by atoms with E-state index in [-0.39, 0.29) is 19.1 Å². The summed E-state index contributed by atoms with van der Waals surface area (Å²) in [4.78, 5) is 13.8. The van der Waals surface area contributed by atoms with Gasteiger partial charge in [-0.2, -0.15) is 0 Å². The number of aliphatic hydroxyl groups excluding tert-OH is 1. The van der Waals surface area contributed by atoms with Crippen molar-refractivity contribution in [3.8, 4) is 0 Å². The van der Waals surface area contributed by atoms with Crippen LogP contribution in [0.3, 0.4) is 0 Å². The molecular weight excluding hydrogens is 240 g/mol. The van der Waals surface area contributed by atoms with Gasteiger partial charge in [-0.25, -0.2) is 0 Å². The highest BCUT2D eigenvalue weighted by Gasteiger charge is 2.19. The van der Waals surface area contributed by atoms with Gasteiger partial charge in [0, 0.05) is 18.8 Å². The quantitative estimate of drug-likeness (QED) is 0.789. The van der Waals surface area contributed by atoms with E-state index in [4.69, 9.17) is 22.4 Å². The number of carbonyl (C=O) groups excluding carboxylic acids is 1. The van der Waals surface area contributed by atoms with Crippen LogP contribution in [0.4, 0.5) is 5.69 Å². The average Bonchev–Trinajstić information content (AvgIpc) is 2.28. The first-order valence-electron chi connectivity index (χ1n) is 5.56. The summed E-state index contributed by atoms with van der Waals surface area (Å²) in [5.41, 5.74) is 6.44. The van der Waals surface area contributed by atoms with Gasteiger partial charge in [0.2, 0.25) is 0 Å². The molecule has 0 atom stereocenters. The van der Waals surface area contributed by atoms with Gasteiger partial charge in [0.25, 0.3) is 5.91 Å². The lowest BCUT2D eigenvalue weighted by atomic mass is 10.1.